The fourth-order valence-corrected chi connectivity index (χ4v) is 3.41. The van der Waals surface area contributed by atoms with Crippen LogP contribution >= 0.6 is 0 Å². The van der Waals surface area contributed by atoms with Gasteiger partial charge in [-0.05, 0) is 36.2 Å². The number of amides is 1. The van der Waals surface area contributed by atoms with Crippen molar-refractivity contribution in [2.24, 2.45) is 0 Å². The molecule has 0 aliphatic carbocycles. The first-order valence-corrected chi connectivity index (χ1v) is 9.83. The number of fused-ring (bicyclic) bond motifs is 2. The first-order chi connectivity index (χ1) is 13.7. The third-order valence-corrected chi connectivity index (χ3v) is 4.96. The van der Waals surface area contributed by atoms with Crippen molar-refractivity contribution in [1.29, 1.82) is 0 Å². The third-order valence-electron chi connectivity index (χ3n) is 4.96. The van der Waals surface area contributed by atoms with Gasteiger partial charge in [0.25, 0.3) is 0 Å². The van der Waals surface area contributed by atoms with Crippen molar-refractivity contribution >= 4 is 16.9 Å². The van der Waals surface area contributed by atoms with Gasteiger partial charge in [0, 0.05) is 25.9 Å². The molecule has 0 spiro atoms. The number of carbonyl (C=O) groups is 1. The highest BCUT2D eigenvalue weighted by Crippen LogP contribution is 2.32. The van der Waals surface area contributed by atoms with E-state index in [1.165, 1.54) is 0 Å². The molecule has 1 amide bonds. The monoisotopic (exact) mass is 379 g/mol. The Balaban J connectivity index is 1.41. The van der Waals surface area contributed by atoms with E-state index in [0.717, 1.165) is 53.3 Å². The second kappa shape index (κ2) is 8.33. The van der Waals surface area contributed by atoms with Crippen molar-refractivity contribution in [3.63, 3.8) is 0 Å². The fraction of sp³-hybridized carbons (Fsp3) is 0.364. The molecule has 1 aliphatic heterocycles. The quantitative estimate of drug-likeness (QED) is 0.641. The van der Waals surface area contributed by atoms with Crippen LogP contribution < -0.4 is 9.47 Å². The number of nitrogens with one attached hydrogen (secondary N) is 1. The van der Waals surface area contributed by atoms with Crippen molar-refractivity contribution in [2.45, 2.75) is 39.2 Å². The van der Waals surface area contributed by atoms with Gasteiger partial charge in [-0.2, -0.15) is 0 Å². The smallest absolute Gasteiger partial charge is 0.231 e. The molecule has 0 bridgehead atoms. The molecule has 1 aromatic heterocycles. The topological polar surface area (TPSA) is 67.5 Å². The lowest BCUT2D eigenvalue weighted by Gasteiger charge is -2.23. The largest absolute Gasteiger partial charge is 0.454 e. The number of benzene rings is 2. The maximum absolute atomic E-state index is 12.9. The summed E-state index contributed by atoms with van der Waals surface area (Å²) < 4.78 is 10.8. The Morgan fingerprint density at radius 2 is 2.04 bits per heavy atom. The predicted molar refractivity (Wildman–Crippen MR) is 107 cm³/mol. The van der Waals surface area contributed by atoms with Crippen LogP contribution in [-0.4, -0.2) is 34.1 Å². The number of carbonyl (C=O) groups excluding carboxylic acids is 1. The van der Waals surface area contributed by atoms with E-state index < -0.39 is 0 Å². The zero-order valence-electron chi connectivity index (χ0n) is 16.1. The van der Waals surface area contributed by atoms with Gasteiger partial charge in [0.2, 0.25) is 12.7 Å². The Hall–Kier alpha value is -3.02. The van der Waals surface area contributed by atoms with E-state index in [2.05, 4.69) is 16.9 Å². The second-order valence-electron chi connectivity index (χ2n) is 7.06. The van der Waals surface area contributed by atoms with Crippen molar-refractivity contribution in [1.82, 2.24) is 14.9 Å². The minimum absolute atomic E-state index is 0.145. The number of para-hydroxylation sites is 2. The number of imidazole rings is 1. The Morgan fingerprint density at radius 3 is 2.89 bits per heavy atom. The van der Waals surface area contributed by atoms with Crippen LogP contribution in [0.15, 0.2) is 42.5 Å². The molecule has 4 rings (SSSR count). The van der Waals surface area contributed by atoms with Crippen LogP contribution in [0.3, 0.4) is 0 Å². The van der Waals surface area contributed by atoms with Gasteiger partial charge < -0.3 is 19.4 Å². The lowest BCUT2D eigenvalue weighted by molar-refractivity contribution is -0.131. The summed E-state index contributed by atoms with van der Waals surface area (Å²) in [7, 11) is 0. The Bertz CT molecular complexity index is 934. The van der Waals surface area contributed by atoms with Crippen LogP contribution in [0.1, 0.15) is 37.6 Å². The number of H-pyrrole nitrogens is 1. The number of ether oxygens (including phenoxy) is 2. The van der Waals surface area contributed by atoms with Crippen LogP contribution in [0.25, 0.3) is 11.0 Å². The summed E-state index contributed by atoms with van der Waals surface area (Å²) in [6.07, 6.45) is 3.08. The first kappa shape index (κ1) is 18.3. The van der Waals surface area contributed by atoms with E-state index >= 15 is 0 Å². The van der Waals surface area contributed by atoms with Crippen LogP contribution in [0.5, 0.6) is 11.5 Å². The normalized spacial score (nSPS) is 12.5. The molecular weight excluding hydrogens is 354 g/mol. The molecule has 0 atom stereocenters. The Kier molecular flexibility index (Phi) is 5.46. The van der Waals surface area contributed by atoms with E-state index in [1.54, 1.807) is 0 Å². The third kappa shape index (κ3) is 4.11. The van der Waals surface area contributed by atoms with Crippen LogP contribution in [-0.2, 0) is 17.8 Å². The van der Waals surface area contributed by atoms with Gasteiger partial charge in [0.15, 0.2) is 11.5 Å². The minimum atomic E-state index is 0.145. The Morgan fingerprint density at radius 1 is 1.18 bits per heavy atom. The Labute approximate surface area is 164 Å². The minimum Gasteiger partial charge on any atom is -0.454 e. The molecule has 28 heavy (non-hydrogen) atoms. The van der Waals surface area contributed by atoms with Crippen molar-refractivity contribution < 1.29 is 14.3 Å². The summed E-state index contributed by atoms with van der Waals surface area (Å²) in [6, 6.07) is 13.8. The summed E-state index contributed by atoms with van der Waals surface area (Å²) in [5.74, 6) is 2.52. The molecule has 0 saturated heterocycles. The number of aromatic amines is 1. The second-order valence-corrected chi connectivity index (χ2v) is 7.06. The van der Waals surface area contributed by atoms with Gasteiger partial charge in [-0.25, -0.2) is 4.98 Å². The fourth-order valence-electron chi connectivity index (χ4n) is 3.41. The maximum Gasteiger partial charge on any atom is 0.231 e. The molecule has 0 fully saturated rings. The zero-order chi connectivity index (χ0) is 19.3. The van der Waals surface area contributed by atoms with Gasteiger partial charge in [-0.1, -0.05) is 31.5 Å². The van der Waals surface area contributed by atoms with Gasteiger partial charge in [0.1, 0.15) is 5.82 Å². The summed E-state index contributed by atoms with van der Waals surface area (Å²) in [5.41, 5.74) is 3.00. The van der Waals surface area contributed by atoms with Crippen LogP contribution in [0, 0.1) is 0 Å². The number of aromatic nitrogens is 2. The number of rotatable bonds is 8. The standard InChI is InChI=1S/C22H25N3O3/c1-2-3-12-25(14-16-8-9-19-20(13-16)28-15-27-19)22(26)11-10-21-23-17-6-4-5-7-18(17)24-21/h4-9,13H,2-3,10-12,14-15H2,1H3,(H,23,24). The number of aryl methyl sites for hydroxylation is 1. The number of unbranched alkanes of at least 4 members (excludes halogenated alkanes) is 1. The maximum atomic E-state index is 12.9. The van der Waals surface area contributed by atoms with Crippen LogP contribution in [0.4, 0.5) is 0 Å². The zero-order valence-corrected chi connectivity index (χ0v) is 16.1. The molecule has 6 nitrogen and oxygen atoms in total. The van der Waals surface area contributed by atoms with E-state index in [0.29, 0.717) is 19.4 Å². The average Bonchev–Trinajstić information content (AvgIpc) is 3.35. The van der Waals surface area contributed by atoms with Gasteiger partial charge in [-0.3, -0.25) is 4.79 Å². The predicted octanol–water partition coefficient (Wildman–Crippen LogP) is 4.05. The van der Waals surface area contributed by atoms with E-state index in [1.807, 2.05) is 47.4 Å². The molecular formula is C22H25N3O3. The molecule has 0 unspecified atom stereocenters. The van der Waals surface area contributed by atoms with E-state index in [4.69, 9.17) is 9.47 Å². The highest BCUT2D eigenvalue weighted by Gasteiger charge is 2.18. The molecule has 146 valence electrons. The number of hydrogen-bond donors (Lipinski definition) is 1. The molecule has 2 heterocycles. The average molecular weight is 379 g/mol. The molecule has 1 aliphatic rings. The number of nitrogens with zero attached hydrogens (tertiary/aromatic N) is 2. The van der Waals surface area contributed by atoms with Crippen molar-refractivity contribution in [3.8, 4) is 11.5 Å². The van der Waals surface area contributed by atoms with Gasteiger partial charge >= 0.3 is 0 Å². The van der Waals surface area contributed by atoms with Gasteiger partial charge in [-0.15, -0.1) is 0 Å². The van der Waals surface area contributed by atoms with Crippen molar-refractivity contribution in [2.75, 3.05) is 13.3 Å². The summed E-state index contributed by atoms with van der Waals surface area (Å²) >= 11 is 0. The SMILES string of the molecule is CCCCN(Cc1ccc2c(c1)OCO2)C(=O)CCc1nc2ccccc2[nH]1. The van der Waals surface area contributed by atoms with E-state index in [-0.39, 0.29) is 12.7 Å². The molecule has 1 N–H and O–H groups in total. The molecule has 0 radical (unpaired) electrons. The van der Waals surface area contributed by atoms with Crippen LogP contribution in [0.2, 0.25) is 0 Å². The lowest BCUT2D eigenvalue weighted by atomic mass is 10.1. The summed E-state index contributed by atoms with van der Waals surface area (Å²) in [6.45, 7) is 3.73. The van der Waals surface area contributed by atoms with E-state index in [9.17, 15) is 4.79 Å². The first-order valence-electron chi connectivity index (χ1n) is 9.83. The lowest BCUT2D eigenvalue weighted by Crippen LogP contribution is -2.31. The molecule has 2 aromatic carbocycles. The van der Waals surface area contributed by atoms with Crippen molar-refractivity contribution in [3.05, 3.63) is 53.9 Å². The number of hydrogen-bond acceptors (Lipinski definition) is 4. The molecule has 3 aromatic rings. The summed E-state index contributed by atoms with van der Waals surface area (Å²) in [5, 5.41) is 0. The molecule has 0 saturated carbocycles. The highest BCUT2D eigenvalue weighted by molar-refractivity contribution is 5.77. The summed E-state index contributed by atoms with van der Waals surface area (Å²) in [4.78, 5) is 22.7. The van der Waals surface area contributed by atoms with Gasteiger partial charge in [0.05, 0.1) is 11.0 Å². The highest BCUT2D eigenvalue weighted by atomic mass is 16.7. The molecule has 6 heteroatoms.